The van der Waals surface area contributed by atoms with Crippen molar-refractivity contribution in [2.24, 2.45) is 0 Å². The van der Waals surface area contributed by atoms with Crippen molar-refractivity contribution in [2.45, 2.75) is 19.9 Å². The molecule has 0 aromatic carbocycles. The van der Waals surface area contributed by atoms with Crippen molar-refractivity contribution < 1.29 is 0 Å². The molecule has 1 heterocycles. The maximum Gasteiger partial charge on any atom is 0.0893 e. The normalized spacial score (nSPS) is 10.5. The van der Waals surface area contributed by atoms with E-state index in [1.54, 1.807) is 0 Å². The van der Waals surface area contributed by atoms with Crippen molar-refractivity contribution in [3.63, 3.8) is 0 Å². The largest absolute Gasteiger partial charge is 0.315 e. The van der Waals surface area contributed by atoms with Gasteiger partial charge in [0.15, 0.2) is 0 Å². The topological polar surface area (TPSA) is 49.8 Å². The van der Waals surface area contributed by atoms with E-state index in [-0.39, 0.29) is 0 Å². The molecule has 0 unspecified atom stereocenters. The Hall–Kier alpha value is -0.520. The molecular formula is C8H16N4S. The second-order valence-corrected chi connectivity index (χ2v) is 3.43. The first kappa shape index (κ1) is 10.6. The molecule has 0 saturated carbocycles. The molecule has 0 spiro atoms. The van der Waals surface area contributed by atoms with E-state index in [2.05, 4.69) is 27.1 Å². The van der Waals surface area contributed by atoms with Crippen LogP contribution < -0.4 is 10.6 Å². The second kappa shape index (κ2) is 6.94. The molecule has 0 amide bonds. The maximum absolute atomic E-state index is 3.94. The van der Waals surface area contributed by atoms with Gasteiger partial charge < -0.3 is 10.6 Å². The Kier molecular flexibility index (Phi) is 5.64. The van der Waals surface area contributed by atoms with E-state index in [0.717, 1.165) is 31.9 Å². The third kappa shape index (κ3) is 4.92. The molecule has 74 valence electrons. The summed E-state index contributed by atoms with van der Waals surface area (Å²) in [6.45, 7) is 6.09. The summed E-state index contributed by atoms with van der Waals surface area (Å²) in [5, 5.41) is 12.5. The van der Waals surface area contributed by atoms with Gasteiger partial charge in [-0.25, -0.2) is 0 Å². The lowest BCUT2D eigenvalue weighted by Crippen LogP contribution is -2.27. The van der Waals surface area contributed by atoms with E-state index in [4.69, 9.17) is 0 Å². The zero-order valence-corrected chi connectivity index (χ0v) is 8.73. The molecule has 5 heteroatoms. The molecule has 0 aliphatic heterocycles. The fourth-order valence-electron chi connectivity index (χ4n) is 0.956. The molecule has 2 N–H and O–H groups in total. The Bertz CT molecular complexity index is 200. The highest BCUT2D eigenvalue weighted by Crippen LogP contribution is 1.94. The first-order valence-corrected chi connectivity index (χ1v) is 5.44. The van der Waals surface area contributed by atoms with Gasteiger partial charge in [-0.05, 0) is 24.5 Å². The Morgan fingerprint density at radius 3 is 2.85 bits per heavy atom. The lowest BCUT2D eigenvalue weighted by Gasteiger charge is -2.03. The summed E-state index contributed by atoms with van der Waals surface area (Å²) >= 11 is 1.39. The lowest BCUT2D eigenvalue weighted by molar-refractivity contribution is 0.601. The number of nitrogens with zero attached hydrogens (tertiary/aromatic N) is 2. The second-order valence-electron chi connectivity index (χ2n) is 2.82. The summed E-state index contributed by atoms with van der Waals surface area (Å²) in [5.74, 6) is 0. The molecule has 0 aliphatic rings. The summed E-state index contributed by atoms with van der Waals surface area (Å²) in [7, 11) is 0. The molecule has 1 aromatic heterocycles. The van der Waals surface area contributed by atoms with Gasteiger partial charge in [-0.3, -0.25) is 0 Å². The molecular weight excluding hydrogens is 184 g/mol. The number of hydrogen-bond acceptors (Lipinski definition) is 5. The molecule has 4 nitrogen and oxygen atoms in total. The third-order valence-corrected chi connectivity index (χ3v) is 2.17. The molecule has 0 atom stereocenters. The zero-order valence-electron chi connectivity index (χ0n) is 7.92. The Morgan fingerprint density at radius 1 is 1.31 bits per heavy atom. The van der Waals surface area contributed by atoms with Crippen LogP contribution in [0.25, 0.3) is 0 Å². The highest BCUT2D eigenvalue weighted by Gasteiger charge is 1.93. The Balaban J connectivity index is 1.90. The van der Waals surface area contributed by atoms with Crippen LogP contribution in [0.1, 0.15) is 19.0 Å². The van der Waals surface area contributed by atoms with Crippen LogP contribution in [0.4, 0.5) is 0 Å². The lowest BCUT2D eigenvalue weighted by atomic mass is 10.4. The highest BCUT2D eigenvalue weighted by molar-refractivity contribution is 7.03. The van der Waals surface area contributed by atoms with Crippen LogP contribution in [0.15, 0.2) is 5.38 Å². The molecule has 13 heavy (non-hydrogen) atoms. The van der Waals surface area contributed by atoms with Crippen LogP contribution in [-0.2, 0) is 6.54 Å². The van der Waals surface area contributed by atoms with Crippen LogP contribution in [-0.4, -0.2) is 29.2 Å². The summed E-state index contributed by atoms with van der Waals surface area (Å²) in [5.41, 5.74) is 1.03. The van der Waals surface area contributed by atoms with Gasteiger partial charge in [0.1, 0.15) is 0 Å². The van der Waals surface area contributed by atoms with Crippen molar-refractivity contribution in [3.8, 4) is 0 Å². The molecule has 0 bridgehead atoms. The molecule has 0 saturated heterocycles. The van der Waals surface area contributed by atoms with Crippen LogP contribution in [0, 0.1) is 0 Å². The van der Waals surface area contributed by atoms with Crippen molar-refractivity contribution in [1.82, 2.24) is 20.2 Å². The Labute approximate surface area is 82.9 Å². The molecule has 0 radical (unpaired) electrons. The summed E-state index contributed by atoms with van der Waals surface area (Å²) in [6.07, 6.45) is 1.19. The van der Waals surface area contributed by atoms with Crippen LogP contribution in [0.5, 0.6) is 0 Å². The fourth-order valence-corrected chi connectivity index (χ4v) is 1.41. The SMILES string of the molecule is CCCNCCNCc1csnn1. The predicted octanol–water partition coefficient (Wildman–Crippen LogP) is 0.627. The monoisotopic (exact) mass is 200 g/mol. The molecule has 0 aliphatic carbocycles. The quantitative estimate of drug-likeness (QED) is 0.634. The smallest absolute Gasteiger partial charge is 0.0893 e. The van der Waals surface area contributed by atoms with Crippen molar-refractivity contribution >= 4 is 11.5 Å². The minimum Gasteiger partial charge on any atom is -0.315 e. The van der Waals surface area contributed by atoms with Crippen LogP contribution in [0.3, 0.4) is 0 Å². The number of hydrogen-bond donors (Lipinski definition) is 2. The number of rotatable bonds is 7. The van der Waals surface area contributed by atoms with Crippen LogP contribution in [0.2, 0.25) is 0 Å². The maximum atomic E-state index is 3.94. The van der Waals surface area contributed by atoms with E-state index in [1.165, 1.54) is 18.0 Å². The Morgan fingerprint density at radius 2 is 2.15 bits per heavy atom. The van der Waals surface area contributed by atoms with Gasteiger partial charge in [-0.1, -0.05) is 11.4 Å². The number of nitrogens with one attached hydrogen (secondary N) is 2. The average Bonchev–Trinajstić information content (AvgIpc) is 2.63. The van der Waals surface area contributed by atoms with Gasteiger partial charge in [-0.2, -0.15) is 0 Å². The van der Waals surface area contributed by atoms with E-state index < -0.39 is 0 Å². The van der Waals surface area contributed by atoms with Gasteiger partial charge in [0.25, 0.3) is 0 Å². The van der Waals surface area contributed by atoms with Crippen molar-refractivity contribution in [2.75, 3.05) is 19.6 Å². The van der Waals surface area contributed by atoms with E-state index >= 15 is 0 Å². The van der Waals surface area contributed by atoms with Crippen LogP contribution >= 0.6 is 11.5 Å². The first-order valence-electron chi connectivity index (χ1n) is 4.61. The predicted molar refractivity (Wildman–Crippen MR) is 54.8 cm³/mol. The summed E-state index contributed by atoms with van der Waals surface area (Å²) in [4.78, 5) is 0. The van der Waals surface area contributed by atoms with Gasteiger partial charge in [0.05, 0.1) is 5.69 Å². The van der Waals surface area contributed by atoms with Gasteiger partial charge in [0, 0.05) is 25.0 Å². The zero-order chi connectivity index (χ0) is 9.36. The standard InChI is InChI=1S/C8H16N4S/c1-2-3-9-4-5-10-6-8-7-13-12-11-8/h7,9-10H,2-6H2,1H3. The van der Waals surface area contributed by atoms with Crippen molar-refractivity contribution in [3.05, 3.63) is 11.1 Å². The average molecular weight is 200 g/mol. The van der Waals surface area contributed by atoms with E-state index in [1.807, 2.05) is 5.38 Å². The first-order chi connectivity index (χ1) is 6.43. The van der Waals surface area contributed by atoms with Gasteiger partial charge >= 0.3 is 0 Å². The van der Waals surface area contributed by atoms with Gasteiger partial charge in [0.2, 0.25) is 0 Å². The summed E-state index contributed by atoms with van der Waals surface area (Å²) < 4.78 is 3.79. The molecule has 0 fully saturated rings. The van der Waals surface area contributed by atoms with E-state index in [0.29, 0.717) is 0 Å². The van der Waals surface area contributed by atoms with E-state index in [9.17, 15) is 0 Å². The van der Waals surface area contributed by atoms with Crippen molar-refractivity contribution in [1.29, 1.82) is 0 Å². The molecule has 1 aromatic rings. The van der Waals surface area contributed by atoms with Gasteiger partial charge in [-0.15, -0.1) is 5.10 Å². The molecule has 1 rings (SSSR count). The third-order valence-electron chi connectivity index (χ3n) is 1.62. The minimum atomic E-state index is 0.824. The highest BCUT2D eigenvalue weighted by atomic mass is 32.1. The minimum absolute atomic E-state index is 0.824. The summed E-state index contributed by atoms with van der Waals surface area (Å²) in [6, 6.07) is 0. The fraction of sp³-hybridized carbons (Fsp3) is 0.750. The number of aromatic nitrogens is 2.